The molecule has 3 aromatic rings. The zero-order valence-corrected chi connectivity index (χ0v) is 19.4. The van der Waals surface area contributed by atoms with Crippen LogP contribution in [0.2, 0.25) is 0 Å². The lowest BCUT2D eigenvalue weighted by atomic mass is 10.1. The summed E-state index contributed by atoms with van der Waals surface area (Å²) in [6.07, 6.45) is 1.87. The van der Waals surface area contributed by atoms with Gasteiger partial charge in [-0.25, -0.2) is 0 Å². The SMILES string of the molecule is CCCN(CCC)C(=O)c1ccc(CN(Cc2ccccc2)Cc2ccc(OC)cc2)o1. The van der Waals surface area contributed by atoms with Crippen LogP contribution in [0, 0.1) is 0 Å². The van der Waals surface area contributed by atoms with Crippen LogP contribution in [0.3, 0.4) is 0 Å². The van der Waals surface area contributed by atoms with Crippen molar-refractivity contribution in [1.29, 1.82) is 0 Å². The average molecular weight is 435 g/mol. The monoisotopic (exact) mass is 434 g/mol. The standard InChI is InChI=1S/C27H34N2O3/c1-4-17-29(18-5-2)27(30)26-16-15-25(32-26)21-28(19-22-9-7-6-8-10-22)20-23-11-13-24(31-3)14-12-23/h6-16H,4-5,17-21H2,1-3H3. The maximum Gasteiger partial charge on any atom is 0.289 e. The van der Waals surface area contributed by atoms with E-state index in [9.17, 15) is 4.79 Å². The van der Waals surface area contributed by atoms with Crippen molar-refractivity contribution >= 4 is 5.91 Å². The summed E-state index contributed by atoms with van der Waals surface area (Å²) in [7, 11) is 1.68. The molecule has 5 heteroatoms. The van der Waals surface area contributed by atoms with E-state index in [1.807, 2.05) is 35.2 Å². The van der Waals surface area contributed by atoms with Crippen LogP contribution in [-0.4, -0.2) is 35.9 Å². The summed E-state index contributed by atoms with van der Waals surface area (Å²) in [5.41, 5.74) is 2.43. The molecule has 0 atom stereocenters. The van der Waals surface area contributed by atoms with Gasteiger partial charge >= 0.3 is 0 Å². The summed E-state index contributed by atoms with van der Waals surface area (Å²) in [6.45, 7) is 7.85. The molecule has 0 bridgehead atoms. The maximum atomic E-state index is 12.9. The molecule has 0 aliphatic heterocycles. The summed E-state index contributed by atoms with van der Waals surface area (Å²) in [5, 5.41) is 0. The van der Waals surface area contributed by atoms with Gasteiger partial charge in [0.2, 0.25) is 0 Å². The van der Waals surface area contributed by atoms with Crippen LogP contribution in [0.5, 0.6) is 5.75 Å². The lowest BCUT2D eigenvalue weighted by Gasteiger charge is -2.22. The summed E-state index contributed by atoms with van der Waals surface area (Å²) in [5.74, 6) is 2.04. The van der Waals surface area contributed by atoms with Crippen LogP contribution >= 0.6 is 0 Å². The Morgan fingerprint density at radius 3 is 2.03 bits per heavy atom. The minimum atomic E-state index is -0.0234. The van der Waals surface area contributed by atoms with Gasteiger partial charge in [0.25, 0.3) is 5.91 Å². The van der Waals surface area contributed by atoms with Crippen LogP contribution in [0.15, 0.2) is 71.1 Å². The van der Waals surface area contributed by atoms with Crippen LogP contribution in [0.25, 0.3) is 0 Å². The van der Waals surface area contributed by atoms with Gasteiger partial charge in [-0.2, -0.15) is 0 Å². The maximum absolute atomic E-state index is 12.9. The van der Waals surface area contributed by atoms with E-state index in [-0.39, 0.29) is 5.91 Å². The van der Waals surface area contributed by atoms with Gasteiger partial charge in [-0.15, -0.1) is 0 Å². The van der Waals surface area contributed by atoms with Crippen LogP contribution in [-0.2, 0) is 19.6 Å². The molecule has 170 valence electrons. The topological polar surface area (TPSA) is 45.9 Å². The third-order valence-electron chi connectivity index (χ3n) is 5.34. The van der Waals surface area contributed by atoms with Crippen LogP contribution < -0.4 is 4.74 Å². The molecule has 0 fully saturated rings. The predicted molar refractivity (Wildman–Crippen MR) is 128 cm³/mol. The molecule has 0 radical (unpaired) electrons. The number of ether oxygens (including phenoxy) is 1. The Morgan fingerprint density at radius 1 is 0.812 bits per heavy atom. The zero-order valence-electron chi connectivity index (χ0n) is 19.4. The minimum Gasteiger partial charge on any atom is -0.497 e. The number of nitrogens with zero attached hydrogens (tertiary/aromatic N) is 2. The van der Waals surface area contributed by atoms with E-state index < -0.39 is 0 Å². The molecule has 2 aromatic carbocycles. The van der Waals surface area contributed by atoms with E-state index in [1.54, 1.807) is 7.11 Å². The van der Waals surface area contributed by atoms with Gasteiger partial charge in [-0.3, -0.25) is 9.69 Å². The van der Waals surface area contributed by atoms with Gasteiger partial charge in [-0.1, -0.05) is 56.3 Å². The molecule has 0 unspecified atom stereocenters. The Morgan fingerprint density at radius 2 is 1.44 bits per heavy atom. The summed E-state index contributed by atoms with van der Waals surface area (Å²) in [6, 6.07) is 22.3. The van der Waals surface area contributed by atoms with Gasteiger partial charge in [0.15, 0.2) is 5.76 Å². The van der Waals surface area contributed by atoms with Crippen molar-refractivity contribution in [2.24, 2.45) is 0 Å². The van der Waals surface area contributed by atoms with E-state index in [4.69, 9.17) is 9.15 Å². The Kier molecular flexibility index (Phi) is 8.93. The summed E-state index contributed by atoms with van der Waals surface area (Å²) < 4.78 is 11.3. The predicted octanol–water partition coefficient (Wildman–Crippen LogP) is 5.75. The number of hydrogen-bond donors (Lipinski definition) is 0. The molecular weight excluding hydrogens is 400 g/mol. The molecule has 0 aliphatic carbocycles. The highest BCUT2D eigenvalue weighted by Gasteiger charge is 2.19. The molecule has 5 nitrogen and oxygen atoms in total. The van der Waals surface area contributed by atoms with Gasteiger partial charge in [0, 0.05) is 26.2 Å². The van der Waals surface area contributed by atoms with Crippen molar-refractivity contribution in [3.63, 3.8) is 0 Å². The Balaban J connectivity index is 1.74. The fourth-order valence-corrected chi connectivity index (χ4v) is 3.81. The number of carbonyl (C=O) groups is 1. The molecule has 32 heavy (non-hydrogen) atoms. The first kappa shape index (κ1) is 23.6. The number of hydrogen-bond acceptors (Lipinski definition) is 4. The molecule has 3 rings (SSSR count). The third kappa shape index (κ3) is 6.72. The smallest absolute Gasteiger partial charge is 0.289 e. The average Bonchev–Trinajstić information content (AvgIpc) is 3.28. The second-order valence-corrected chi connectivity index (χ2v) is 8.04. The second-order valence-electron chi connectivity index (χ2n) is 8.04. The quantitative estimate of drug-likeness (QED) is 0.364. The molecule has 1 aromatic heterocycles. The van der Waals surface area contributed by atoms with Gasteiger partial charge in [-0.05, 0) is 48.2 Å². The second kappa shape index (κ2) is 12.1. The molecule has 0 spiro atoms. The van der Waals surface area contributed by atoms with E-state index >= 15 is 0 Å². The summed E-state index contributed by atoms with van der Waals surface area (Å²) >= 11 is 0. The highest BCUT2D eigenvalue weighted by atomic mass is 16.5. The lowest BCUT2D eigenvalue weighted by Crippen LogP contribution is -2.32. The fourth-order valence-electron chi connectivity index (χ4n) is 3.81. The number of benzene rings is 2. The van der Waals surface area contributed by atoms with Gasteiger partial charge in [0.05, 0.1) is 13.7 Å². The van der Waals surface area contributed by atoms with E-state index in [2.05, 4.69) is 55.1 Å². The number of amides is 1. The molecule has 1 amide bonds. The first-order valence-electron chi connectivity index (χ1n) is 11.4. The van der Waals surface area contributed by atoms with E-state index in [0.29, 0.717) is 12.3 Å². The van der Waals surface area contributed by atoms with Crippen molar-refractivity contribution in [1.82, 2.24) is 9.80 Å². The molecule has 0 saturated heterocycles. The number of furan rings is 1. The highest BCUT2D eigenvalue weighted by Crippen LogP contribution is 2.19. The first-order valence-corrected chi connectivity index (χ1v) is 11.4. The number of methoxy groups -OCH3 is 1. The minimum absolute atomic E-state index is 0.0234. The number of carbonyl (C=O) groups excluding carboxylic acids is 1. The summed E-state index contributed by atoms with van der Waals surface area (Å²) in [4.78, 5) is 17.1. The van der Waals surface area contributed by atoms with Crippen LogP contribution in [0.1, 0.15) is 54.1 Å². The lowest BCUT2D eigenvalue weighted by molar-refractivity contribution is 0.0719. The third-order valence-corrected chi connectivity index (χ3v) is 5.34. The van der Waals surface area contributed by atoms with Crippen molar-refractivity contribution in [3.8, 4) is 5.75 Å². The fraction of sp³-hybridized carbons (Fsp3) is 0.370. The van der Waals surface area contributed by atoms with E-state index in [1.165, 1.54) is 11.1 Å². The first-order chi connectivity index (χ1) is 15.6. The van der Waals surface area contributed by atoms with Crippen LogP contribution in [0.4, 0.5) is 0 Å². The molecule has 1 heterocycles. The van der Waals surface area contributed by atoms with Crippen molar-refractivity contribution < 1.29 is 13.9 Å². The number of rotatable bonds is 12. The van der Waals surface area contributed by atoms with Crippen molar-refractivity contribution in [2.75, 3.05) is 20.2 Å². The van der Waals surface area contributed by atoms with Gasteiger partial charge < -0.3 is 14.1 Å². The van der Waals surface area contributed by atoms with Crippen molar-refractivity contribution in [3.05, 3.63) is 89.4 Å². The molecule has 0 aliphatic rings. The Hall–Kier alpha value is -3.05. The zero-order chi connectivity index (χ0) is 22.8. The Labute approximate surface area is 191 Å². The van der Waals surface area contributed by atoms with Gasteiger partial charge in [0.1, 0.15) is 11.5 Å². The largest absolute Gasteiger partial charge is 0.497 e. The highest BCUT2D eigenvalue weighted by molar-refractivity contribution is 5.91. The van der Waals surface area contributed by atoms with E-state index in [0.717, 1.165) is 50.5 Å². The van der Waals surface area contributed by atoms with Crippen molar-refractivity contribution in [2.45, 2.75) is 46.3 Å². The normalized spacial score (nSPS) is 11.0. The Bertz CT molecular complexity index is 945. The molecule has 0 N–H and O–H groups in total. The molecule has 0 saturated carbocycles. The molecular formula is C27H34N2O3.